The molecule has 2 amide bonds. The molecule has 1 atom stereocenters. The molecule has 138 valence electrons. The maximum absolute atomic E-state index is 12.4. The number of nitrogens with one attached hydrogen (secondary N) is 1. The average molecular weight is 378 g/mol. The van der Waals surface area contributed by atoms with Gasteiger partial charge in [-0.3, -0.25) is 9.59 Å². The third-order valence-corrected chi connectivity index (χ3v) is 6.53. The number of thiophene rings is 1. The van der Waals surface area contributed by atoms with E-state index in [1.165, 1.54) is 4.88 Å². The number of amides is 2. The summed E-state index contributed by atoms with van der Waals surface area (Å²) in [6, 6.07) is 13.6. The predicted octanol–water partition coefficient (Wildman–Crippen LogP) is 3.04. The average Bonchev–Trinajstić information content (AvgIpc) is 3.14. The van der Waals surface area contributed by atoms with E-state index < -0.39 is 0 Å². The highest BCUT2D eigenvalue weighted by molar-refractivity contribution is 7.09. The van der Waals surface area contributed by atoms with Crippen LogP contribution in [0.1, 0.15) is 29.7 Å². The summed E-state index contributed by atoms with van der Waals surface area (Å²) in [5.41, 5.74) is 0.951. The van der Waals surface area contributed by atoms with Crippen molar-refractivity contribution in [2.24, 2.45) is 11.3 Å². The first-order valence-electron chi connectivity index (χ1n) is 9.32. The van der Waals surface area contributed by atoms with Crippen molar-refractivity contribution in [3.8, 4) is 11.8 Å². The van der Waals surface area contributed by atoms with Gasteiger partial charge >= 0.3 is 0 Å². The molecule has 1 aromatic carbocycles. The Labute approximate surface area is 163 Å². The van der Waals surface area contributed by atoms with Crippen molar-refractivity contribution >= 4 is 23.2 Å². The molecule has 1 aromatic heterocycles. The van der Waals surface area contributed by atoms with Gasteiger partial charge in [0.2, 0.25) is 5.91 Å². The van der Waals surface area contributed by atoms with Crippen molar-refractivity contribution in [3.63, 3.8) is 0 Å². The van der Waals surface area contributed by atoms with Gasteiger partial charge in [0, 0.05) is 35.4 Å². The zero-order valence-corrected chi connectivity index (χ0v) is 15.9. The van der Waals surface area contributed by atoms with Crippen LogP contribution in [0.3, 0.4) is 0 Å². The highest BCUT2D eigenvalue weighted by Gasteiger charge is 2.58. The van der Waals surface area contributed by atoms with Crippen LogP contribution in [0.4, 0.5) is 0 Å². The molecule has 1 N–H and O–H groups in total. The Bertz CT molecular complexity index is 872. The van der Waals surface area contributed by atoms with E-state index >= 15 is 0 Å². The molecule has 0 bridgehead atoms. The number of likely N-dealkylation sites (tertiary alicyclic amines) is 1. The molecule has 4 rings (SSSR count). The summed E-state index contributed by atoms with van der Waals surface area (Å²) in [7, 11) is 0. The molecule has 4 nitrogen and oxygen atoms in total. The van der Waals surface area contributed by atoms with Gasteiger partial charge in [-0.1, -0.05) is 30.2 Å². The van der Waals surface area contributed by atoms with Gasteiger partial charge in [-0.2, -0.15) is 0 Å². The minimum absolute atomic E-state index is 0.100. The zero-order chi connectivity index (χ0) is 18.7. The molecule has 1 unspecified atom stereocenters. The second kappa shape index (κ2) is 7.58. The van der Waals surface area contributed by atoms with Gasteiger partial charge in [0.05, 0.1) is 6.54 Å². The van der Waals surface area contributed by atoms with Crippen LogP contribution in [0.15, 0.2) is 47.8 Å². The van der Waals surface area contributed by atoms with E-state index in [-0.39, 0.29) is 23.1 Å². The SMILES string of the molecule is O=C(NCc1cccs1)C1CC12CCN(C(=O)C#Cc1ccccc1)CC2. The first kappa shape index (κ1) is 17.8. The summed E-state index contributed by atoms with van der Waals surface area (Å²) in [6.45, 7) is 2.00. The molecular weight excluding hydrogens is 356 g/mol. The number of nitrogens with zero attached hydrogens (tertiary/aromatic N) is 1. The molecule has 5 heteroatoms. The van der Waals surface area contributed by atoms with Gasteiger partial charge in [0.1, 0.15) is 0 Å². The maximum Gasteiger partial charge on any atom is 0.298 e. The molecule has 1 aliphatic heterocycles. The van der Waals surface area contributed by atoms with E-state index in [0.29, 0.717) is 19.6 Å². The Morgan fingerprint density at radius 3 is 2.63 bits per heavy atom. The Balaban J connectivity index is 1.26. The van der Waals surface area contributed by atoms with Gasteiger partial charge in [-0.15, -0.1) is 11.3 Å². The molecule has 2 aliphatic rings. The van der Waals surface area contributed by atoms with E-state index in [1.807, 2.05) is 52.7 Å². The standard InChI is InChI=1S/C22H22N2O2S/c25-20(9-8-17-5-2-1-3-6-17)24-12-10-22(11-13-24)15-19(22)21(26)23-16-18-7-4-14-27-18/h1-7,14,19H,10-13,15-16H2,(H,23,26). The number of piperidine rings is 1. The van der Waals surface area contributed by atoms with Crippen molar-refractivity contribution in [2.75, 3.05) is 13.1 Å². The summed E-state index contributed by atoms with van der Waals surface area (Å²) in [6.07, 6.45) is 2.73. The van der Waals surface area contributed by atoms with E-state index in [9.17, 15) is 9.59 Å². The van der Waals surface area contributed by atoms with Gasteiger partial charge in [-0.25, -0.2) is 0 Å². The minimum atomic E-state index is -0.118. The molecule has 2 fully saturated rings. The van der Waals surface area contributed by atoms with E-state index in [2.05, 4.69) is 17.2 Å². The Hall–Kier alpha value is -2.58. The number of hydrogen-bond acceptors (Lipinski definition) is 3. The quantitative estimate of drug-likeness (QED) is 0.835. The molecule has 27 heavy (non-hydrogen) atoms. The largest absolute Gasteiger partial charge is 0.351 e. The number of benzene rings is 1. The van der Waals surface area contributed by atoms with E-state index in [1.54, 1.807) is 11.3 Å². The fourth-order valence-corrected chi connectivity index (χ4v) is 4.51. The molecule has 1 saturated heterocycles. The molecule has 2 heterocycles. The second-order valence-electron chi connectivity index (χ2n) is 7.32. The topological polar surface area (TPSA) is 49.4 Å². The summed E-state index contributed by atoms with van der Waals surface area (Å²) < 4.78 is 0. The van der Waals surface area contributed by atoms with Gasteiger partial charge in [0.15, 0.2) is 0 Å². The summed E-state index contributed by atoms with van der Waals surface area (Å²) >= 11 is 1.66. The van der Waals surface area contributed by atoms with Crippen molar-refractivity contribution in [2.45, 2.75) is 25.8 Å². The lowest BCUT2D eigenvalue weighted by atomic mass is 9.90. The predicted molar refractivity (Wildman–Crippen MR) is 106 cm³/mol. The number of rotatable bonds is 3. The fourth-order valence-electron chi connectivity index (χ4n) is 3.86. The van der Waals surface area contributed by atoms with E-state index in [4.69, 9.17) is 0 Å². The van der Waals surface area contributed by atoms with Crippen molar-refractivity contribution in [1.82, 2.24) is 10.2 Å². The van der Waals surface area contributed by atoms with Gasteiger partial charge < -0.3 is 10.2 Å². The first-order chi connectivity index (χ1) is 13.2. The fraction of sp³-hybridized carbons (Fsp3) is 0.364. The summed E-state index contributed by atoms with van der Waals surface area (Å²) in [5.74, 6) is 5.82. The molecule has 0 radical (unpaired) electrons. The third-order valence-electron chi connectivity index (χ3n) is 5.66. The molecular formula is C22H22N2O2S. The van der Waals surface area contributed by atoms with E-state index in [0.717, 1.165) is 24.8 Å². The Morgan fingerprint density at radius 1 is 1.15 bits per heavy atom. The van der Waals surface area contributed by atoms with Crippen LogP contribution < -0.4 is 5.32 Å². The van der Waals surface area contributed by atoms with Gasteiger partial charge in [0.25, 0.3) is 5.91 Å². The molecule has 1 aliphatic carbocycles. The van der Waals surface area contributed by atoms with Crippen LogP contribution in [-0.2, 0) is 16.1 Å². The third kappa shape index (κ3) is 4.06. The van der Waals surface area contributed by atoms with Crippen LogP contribution in [0, 0.1) is 23.2 Å². The molecule has 1 saturated carbocycles. The summed E-state index contributed by atoms with van der Waals surface area (Å²) in [5, 5.41) is 5.08. The highest BCUT2D eigenvalue weighted by Crippen LogP contribution is 2.59. The van der Waals surface area contributed by atoms with Crippen LogP contribution in [0.5, 0.6) is 0 Å². The van der Waals surface area contributed by atoms with Crippen LogP contribution >= 0.6 is 11.3 Å². The lowest BCUT2D eigenvalue weighted by Gasteiger charge is -2.31. The number of carbonyl (C=O) groups excluding carboxylic acids is 2. The summed E-state index contributed by atoms with van der Waals surface area (Å²) in [4.78, 5) is 27.8. The lowest BCUT2D eigenvalue weighted by Crippen LogP contribution is -2.40. The molecule has 2 aromatic rings. The number of carbonyl (C=O) groups is 2. The van der Waals surface area contributed by atoms with Crippen molar-refractivity contribution in [1.29, 1.82) is 0 Å². The lowest BCUT2D eigenvalue weighted by molar-refractivity contribution is -0.127. The van der Waals surface area contributed by atoms with Crippen LogP contribution in [0.25, 0.3) is 0 Å². The van der Waals surface area contributed by atoms with Crippen molar-refractivity contribution < 1.29 is 9.59 Å². The highest BCUT2D eigenvalue weighted by atomic mass is 32.1. The smallest absolute Gasteiger partial charge is 0.298 e. The maximum atomic E-state index is 12.4. The van der Waals surface area contributed by atoms with Crippen LogP contribution in [0.2, 0.25) is 0 Å². The number of hydrogen-bond donors (Lipinski definition) is 1. The van der Waals surface area contributed by atoms with Gasteiger partial charge in [-0.05, 0) is 48.3 Å². The Kier molecular flexibility index (Phi) is 5.00. The first-order valence-corrected chi connectivity index (χ1v) is 10.2. The normalized spacial score (nSPS) is 19.9. The van der Waals surface area contributed by atoms with Crippen LogP contribution in [-0.4, -0.2) is 29.8 Å². The van der Waals surface area contributed by atoms with Crippen molar-refractivity contribution in [3.05, 3.63) is 58.3 Å². The monoisotopic (exact) mass is 378 g/mol. The zero-order valence-electron chi connectivity index (χ0n) is 15.1. The minimum Gasteiger partial charge on any atom is -0.351 e. The Morgan fingerprint density at radius 2 is 1.93 bits per heavy atom. The molecule has 1 spiro atoms. The second-order valence-corrected chi connectivity index (χ2v) is 8.36.